The second kappa shape index (κ2) is 4.81. The van der Waals surface area contributed by atoms with Crippen molar-refractivity contribution in [3.05, 3.63) is 34.6 Å². The van der Waals surface area contributed by atoms with E-state index >= 15 is 0 Å². The van der Waals surface area contributed by atoms with Crippen LogP contribution in [0.1, 0.15) is 10.9 Å². The maximum atomic E-state index is 13.4. The summed E-state index contributed by atoms with van der Waals surface area (Å²) in [7, 11) is 3.10. The minimum Gasteiger partial charge on any atom is -0.347 e. The Morgan fingerprint density at radius 2 is 2.07 bits per heavy atom. The van der Waals surface area contributed by atoms with Crippen LogP contribution in [0.25, 0.3) is 0 Å². The van der Waals surface area contributed by atoms with Gasteiger partial charge in [0.25, 0.3) is 0 Å². The molecule has 1 amide bonds. The van der Waals surface area contributed by atoms with Gasteiger partial charge in [-0.05, 0) is 12.1 Å². The Balaban J connectivity index is 3.11. The smallest absolute Gasteiger partial charge is 0.244 e. The predicted octanol–water partition coefficient (Wildman–Crippen LogP) is 2.85. The summed E-state index contributed by atoms with van der Waals surface area (Å²) in [6.45, 7) is 0. The molecule has 0 bridgehead atoms. The molecule has 15 heavy (non-hydrogen) atoms. The van der Waals surface area contributed by atoms with Gasteiger partial charge in [0.05, 0.1) is 0 Å². The van der Waals surface area contributed by atoms with Gasteiger partial charge in [-0.25, -0.2) is 4.39 Å². The monoisotopic (exact) mass is 249 g/mol. The van der Waals surface area contributed by atoms with Crippen molar-refractivity contribution in [2.45, 2.75) is 5.38 Å². The van der Waals surface area contributed by atoms with Crippen LogP contribution in [-0.2, 0) is 4.79 Å². The zero-order chi connectivity index (χ0) is 11.6. The normalized spacial score (nSPS) is 12.3. The number of hydrogen-bond donors (Lipinski definition) is 0. The van der Waals surface area contributed by atoms with Crippen LogP contribution in [0, 0.1) is 5.82 Å². The van der Waals surface area contributed by atoms with E-state index < -0.39 is 17.1 Å². The Bertz CT molecular complexity index is 361. The molecule has 82 valence electrons. The minimum atomic E-state index is -1.09. The third-order valence-electron chi connectivity index (χ3n) is 1.91. The fourth-order valence-corrected chi connectivity index (χ4v) is 1.85. The van der Waals surface area contributed by atoms with Crippen molar-refractivity contribution in [3.8, 4) is 0 Å². The van der Waals surface area contributed by atoms with E-state index in [2.05, 4.69) is 0 Å². The molecule has 0 aromatic heterocycles. The molecule has 0 N–H and O–H groups in total. The van der Waals surface area contributed by atoms with Crippen LogP contribution >= 0.6 is 23.2 Å². The molecule has 1 aromatic rings. The molecule has 1 atom stereocenters. The third-order valence-corrected chi connectivity index (χ3v) is 2.65. The fourth-order valence-electron chi connectivity index (χ4n) is 1.10. The van der Waals surface area contributed by atoms with Gasteiger partial charge in [0.2, 0.25) is 5.91 Å². The van der Waals surface area contributed by atoms with Crippen LogP contribution in [0.4, 0.5) is 4.39 Å². The van der Waals surface area contributed by atoms with Gasteiger partial charge in [-0.15, -0.1) is 11.6 Å². The van der Waals surface area contributed by atoms with E-state index in [1.165, 1.54) is 23.1 Å². The summed E-state index contributed by atoms with van der Waals surface area (Å²) in [6.07, 6.45) is 0. The number of rotatable bonds is 2. The van der Waals surface area contributed by atoms with Crippen molar-refractivity contribution in [2.75, 3.05) is 14.1 Å². The Labute approximate surface area is 97.6 Å². The van der Waals surface area contributed by atoms with Crippen molar-refractivity contribution in [2.24, 2.45) is 0 Å². The van der Waals surface area contributed by atoms with Crippen LogP contribution in [0.2, 0.25) is 5.02 Å². The lowest BCUT2D eigenvalue weighted by Crippen LogP contribution is -2.26. The fraction of sp³-hybridized carbons (Fsp3) is 0.300. The summed E-state index contributed by atoms with van der Waals surface area (Å²) < 4.78 is 13.4. The van der Waals surface area contributed by atoms with Crippen molar-refractivity contribution >= 4 is 29.1 Å². The number of alkyl halides is 1. The zero-order valence-electron chi connectivity index (χ0n) is 8.30. The van der Waals surface area contributed by atoms with Gasteiger partial charge in [0, 0.05) is 24.7 Å². The first kappa shape index (κ1) is 12.3. The summed E-state index contributed by atoms with van der Waals surface area (Å²) in [5, 5.41) is -0.932. The maximum Gasteiger partial charge on any atom is 0.244 e. The Morgan fingerprint density at radius 1 is 1.47 bits per heavy atom. The van der Waals surface area contributed by atoms with Crippen molar-refractivity contribution in [1.29, 1.82) is 0 Å². The molecule has 0 aliphatic heterocycles. The van der Waals surface area contributed by atoms with E-state index in [-0.39, 0.29) is 10.6 Å². The second-order valence-corrected chi connectivity index (χ2v) is 4.07. The van der Waals surface area contributed by atoms with E-state index in [1.807, 2.05) is 0 Å². The number of hydrogen-bond acceptors (Lipinski definition) is 1. The molecule has 0 radical (unpaired) electrons. The summed E-state index contributed by atoms with van der Waals surface area (Å²) >= 11 is 11.6. The predicted molar refractivity (Wildman–Crippen MR) is 58.7 cm³/mol. The Hall–Kier alpha value is -0.800. The van der Waals surface area contributed by atoms with Gasteiger partial charge in [-0.2, -0.15) is 0 Å². The van der Waals surface area contributed by atoms with Crippen LogP contribution < -0.4 is 0 Å². The molecule has 2 nitrogen and oxygen atoms in total. The van der Waals surface area contributed by atoms with Crippen molar-refractivity contribution < 1.29 is 9.18 Å². The lowest BCUT2D eigenvalue weighted by molar-refractivity contribution is -0.128. The summed E-state index contributed by atoms with van der Waals surface area (Å²) in [5.74, 6) is -0.971. The van der Waals surface area contributed by atoms with E-state index in [0.29, 0.717) is 0 Å². The largest absolute Gasteiger partial charge is 0.347 e. The van der Waals surface area contributed by atoms with E-state index in [4.69, 9.17) is 23.2 Å². The number of nitrogens with zero attached hydrogens (tertiary/aromatic N) is 1. The molecule has 0 saturated heterocycles. The van der Waals surface area contributed by atoms with Gasteiger partial charge in [-0.1, -0.05) is 17.7 Å². The van der Waals surface area contributed by atoms with E-state index in [0.717, 1.165) is 0 Å². The lowest BCUT2D eigenvalue weighted by Gasteiger charge is -2.16. The van der Waals surface area contributed by atoms with Crippen molar-refractivity contribution in [1.82, 2.24) is 4.90 Å². The lowest BCUT2D eigenvalue weighted by atomic mass is 10.1. The third kappa shape index (κ3) is 2.61. The minimum absolute atomic E-state index is 0.0273. The average molecular weight is 250 g/mol. The van der Waals surface area contributed by atoms with Crippen LogP contribution in [0.5, 0.6) is 0 Å². The number of halogens is 3. The highest BCUT2D eigenvalue weighted by Crippen LogP contribution is 2.31. The summed E-state index contributed by atoms with van der Waals surface area (Å²) in [4.78, 5) is 12.8. The molecule has 0 aliphatic rings. The molecule has 1 rings (SSSR count). The molecule has 5 heteroatoms. The summed E-state index contributed by atoms with van der Waals surface area (Å²) in [6, 6.07) is 4.18. The van der Waals surface area contributed by atoms with Crippen LogP contribution in [-0.4, -0.2) is 24.9 Å². The zero-order valence-corrected chi connectivity index (χ0v) is 9.81. The molecule has 0 saturated carbocycles. The number of amides is 1. The topological polar surface area (TPSA) is 20.3 Å². The number of likely N-dealkylation sites (N-methyl/N-ethyl adjacent to an activating group) is 1. The second-order valence-electron chi connectivity index (χ2n) is 3.23. The number of carbonyl (C=O) groups is 1. The molecule has 0 heterocycles. The molecule has 1 aromatic carbocycles. The highest BCUT2D eigenvalue weighted by Gasteiger charge is 2.24. The standard InChI is InChI=1S/C10H10Cl2FNO/c1-14(2)10(15)9(12)8-6(11)4-3-5-7(8)13/h3-5,9H,1-2H3. The van der Waals surface area contributed by atoms with Crippen LogP contribution in [0.15, 0.2) is 18.2 Å². The first-order valence-electron chi connectivity index (χ1n) is 4.24. The molecule has 1 unspecified atom stereocenters. The SMILES string of the molecule is CN(C)C(=O)C(Cl)c1c(F)cccc1Cl. The summed E-state index contributed by atoms with van der Waals surface area (Å²) in [5.41, 5.74) is 0.0273. The van der Waals surface area contributed by atoms with Gasteiger partial charge < -0.3 is 4.90 Å². The van der Waals surface area contributed by atoms with E-state index in [1.54, 1.807) is 14.1 Å². The van der Waals surface area contributed by atoms with Gasteiger partial charge >= 0.3 is 0 Å². The molecule has 0 spiro atoms. The van der Waals surface area contributed by atoms with Gasteiger partial charge in [0.1, 0.15) is 11.2 Å². The molecule has 0 fully saturated rings. The highest BCUT2D eigenvalue weighted by atomic mass is 35.5. The Kier molecular flexibility index (Phi) is 3.94. The highest BCUT2D eigenvalue weighted by molar-refractivity contribution is 6.35. The number of carbonyl (C=O) groups excluding carboxylic acids is 1. The van der Waals surface area contributed by atoms with E-state index in [9.17, 15) is 9.18 Å². The first-order valence-corrected chi connectivity index (χ1v) is 5.05. The van der Waals surface area contributed by atoms with Crippen LogP contribution in [0.3, 0.4) is 0 Å². The maximum absolute atomic E-state index is 13.4. The average Bonchev–Trinajstić information content (AvgIpc) is 2.15. The molecular weight excluding hydrogens is 240 g/mol. The number of benzene rings is 1. The molecular formula is C10H10Cl2FNO. The van der Waals surface area contributed by atoms with Gasteiger partial charge in [0.15, 0.2) is 0 Å². The Morgan fingerprint density at radius 3 is 2.53 bits per heavy atom. The van der Waals surface area contributed by atoms with Gasteiger partial charge in [-0.3, -0.25) is 4.79 Å². The first-order chi connectivity index (χ1) is 6.95. The molecule has 0 aliphatic carbocycles. The van der Waals surface area contributed by atoms with Crippen molar-refractivity contribution in [3.63, 3.8) is 0 Å². The quantitative estimate of drug-likeness (QED) is 0.739.